The standard InChI is InChI=1S/C10H18O2/c1-4-8-5-9(7(2)3)6-12-10(8)11/h5,7,9-11H,4,6H2,1-3H3. The summed E-state index contributed by atoms with van der Waals surface area (Å²) in [6.45, 7) is 7.05. The molecule has 1 rings (SSSR count). The minimum absolute atomic E-state index is 0.475. The first-order valence-corrected chi connectivity index (χ1v) is 4.65. The van der Waals surface area contributed by atoms with Gasteiger partial charge in [0.25, 0.3) is 0 Å². The van der Waals surface area contributed by atoms with Crippen molar-refractivity contribution in [2.45, 2.75) is 33.5 Å². The van der Waals surface area contributed by atoms with Gasteiger partial charge in [-0.3, -0.25) is 0 Å². The summed E-state index contributed by atoms with van der Waals surface area (Å²) in [5.74, 6) is 1.07. The lowest BCUT2D eigenvalue weighted by Crippen LogP contribution is -2.27. The number of rotatable bonds is 2. The lowest BCUT2D eigenvalue weighted by atomic mass is 9.92. The quantitative estimate of drug-likeness (QED) is 0.642. The molecule has 0 saturated heterocycles. The van der Waals surface area contributed by atoms with Gasteiger partial charge < -0.3 is 9.84 Å². The van der Waals surface area contributed by atoms with Crippen LogP contribution in [0.25, 0.3) is 0 Å². The number of ether oxygens (including phenoxy) is 1. The van der Waals surface area contributed by atoms with Crippen LogP contribution in [0.2, 0.25) is 0 Å². The van der Waals surface area contributed by atoms with Crippen LogP contribution in [0.5, 0.6) is 0 Å². The lowest BCUT2D eigenvalue weighted by molar-refractivity contribution is -0.0948. The fourth-order valence-corrected chi connectivity index (χ4v) is 1.39. The van der Waals surface area contributed by atoms with Crippen LogP contribution in [0.3, 0.4) is 0 Å². The molecular weight excluding hydrogens is 152 g/mol. The number of aliphatic hydroxyl groups excluding tert-OH is 1. The summed E-state index contributed by atoms with van der Waals surface area (Å²) in [6, 6.07) is 0. The van der Waals surface area contributed by atoms with Gasteiger partial charge in [-0.2, -0.15) is 0 Å². The van der Waals surface area contributed by atoms with Crippen molar-refractivity contribution >= 4 is 0 Å². The largest absolute Gasteiger partial charge is 0.364 e. The normalized spacial score (nSPS) is 30.6. The molecule has 1 aliphatic rings. The summed E-state index contributed by atoms with van der Waals surface area (Å²) in [5.41, 5.74) is 1.03. The van der Waals surface area contributed by atoms with Gasteiger partial charge in [-0.15, -0.1) is 0 Å². The smallest absolute Gasteiger partial charge is 0.177 e. The Morgan fingerprint density at radius 1 is 1.67 bits per heavy atom. The number of hydrogen-bond donors (Lipinski definition) is 1. The summed E-state index contributed by atoms with van der Waals surface area (Å²) in [7, 11) is 0. The van der Waals surface area contributed by atoms with Crippen molar-refractivity contribution in [2.75, 3.05) is 6.61 Å². The van der Waals surface area contributed by atoms with E-state index in [1.165, 1.54) is 0 Å². The van der Waals surface area contributed by atoms with Crippen LogP contribution >= 0.6 is 0 Å². The van der Waals surface area contributed by atoms with Gasteiger partial charge in [-0.25, -0.2) is 0 Å². The number of aliphatic hydroxyl groups is 1. The molecule has 0 aliphatic carbocycles. The molecule has 2 atom stereocenters. The van der Waals surface area contributed by atoms with E-state index in [1.807, 2.05) is 6.92 Å². The van der Waals surface area contributed by atoms with Crippen molar-refractivity contribution in [2.24, 2.45) is 11.8 Å². The van der Waals surface area contributed by atoms with Gasteiger partial charge in [0.15, 0.2) is 6.29 Å². The fraction of sp³-hybridized carbons (Fsp3) is 0.800. The van der Waals surface area contributed by atoms with Crippen LogP contribution < -0.4 is 0 Å². The van der Waals surface area contributed by atoms with E-state index < -0.39 is 6.29 Å². The molecule has 0 aromatic rings. The molecule has 1 N–H and O–H groups in total. The van der Waals surface area contributed by atoms with Gasteiger partial charge >= 0.3 is 0 Å². The molecule has 0 spiro atoms. The Labute approximate surface area is 74.2 Å². The third-order valence-corrected chi connectivity index (χ3v) is 2.46. The third kappa shape index (κ3) is 2.08. The van der Waals surface area contributed by atoms with Gasteiger partial charge in [0.05, 0.1) is 6.61 Å². The van der Waals surface area contributed by atoms with Gasteiger partial charge in [0.1, 0.15) is 0 Å². The third-order valence-electron chi connectivity index (χ3n) is 2.46. The molecule has 2 unspecified atom stereocenters. The zero-order valence-electron chi connectivity index (χ0n) is 8.08. The Morgan fingerprint density at radius 2 is 2.33 bits per heavy atom. The van der Waals surface area contributed by atoms with Crippen molar-refractivity contribution in [3.05, 3.63) is 11.6 Å². The van der Waals surface area contributed by atoms with E-state index in [2.05, 4.69) is 19.9 Å². The van der Waals surface area contributed by atoms with Crippen LogP contribution in [0.15, 0.2) is 11.6 Å². The molecule has 0 aromatic carbocycles. The molecule has 0 bridgehead atoms. The number of hydrogen-bond acceptors (Lipinski definition) is 2. The van der Waals surface area contributed by atoms with Crippen molar-refractivity contribution in [3.63, 3.8) is 0 Å². The molecule has 1 heterocycles. The lowest BCUT2D eigenvalue weighted by Gasteiger charge is -2.27. The minimum Gasteiger partial charge on any atom is -0.364 e. The molecule has 2 nitrogen and oxygen atoms in total. The summed E-state index contributed by atoms with van der Waals surface area (Å²) < 4.78 is 5.24. The van der Waals surface area contributed by atoms with E-state index >= 15 is 0 Å². The topological polar surface area (TPSA) is 29.5 Å². The molecule has 12 heavy (non-hydrogen) atoms. The minimum atomic E-state index is -0.648. The highest BCUT2D eigenvalue weighted by Gasteiger charge is 2.21. The Morgan fingerprint density at radius 3 is 2.83 bits per heavy atom. The summed E-state index contributed by atoms with van der Waals surface area (Å²) in [5, 5.41) is 9.38. The maximum absolute atomic E-state index is 9.38. The molecule has 0 saturated carbocycles. The second-order valence-electron chi connectivity index (χ2n) is 3.69. The first kappa shape index (κ1) is 9.75. The SMILES string of the molecule is CCC1=CC(C(C)C)COC1O. The van der Waals surface area contributed by atoms with E-state index in [9.17, 15) is 5.11 Å². The zero-order valence-corrected chi connectivity index (χ0v) is 8.08. The average molecular weight is 170 g/mol. The molecule has 1 aliphatic heterocycles. The summed E-state index contributed by atoms with van der Waals surface area (Å²) in [6.07, 6.45) is 2.40. The van der Waals surface area contributed by atoms with Crippen molar-refractivity contribution < 1.29 is 9.84 Å². The van der Waals surface area contributed by atoms with Crippen LogP contribution in [0.1, 0.15) is 27.2 Å². The summed E-state index contributed by atoms with van der Waals surface area (Å²) in [4.78, 5) is 0. The Kier molecular flexibility index (Phi) is 3.29. The molecule has 2 heteroatoms. The Bertz CT molecular complexity index is 173. The maximum Gasteiger partial charge on any atom is 0.177 e. The van der Waals surface area contributed by atoms with Crippen molar-refractivity contribution in [1.29, 1.82) is 0 Å². The van der Waals surface area contributed by atoms with Gasteiger partial charge in [-0.1, -0.05) is 26.8 Å². The average Bonchev–Trinajstić information content (AvgIpc) is 2.05. The molecule has 70 valence electrons. The van der Waals surface area contributed by atoms with Gasteiger partial charge in [-0.05, 0) is 17.9 Å². The molecule has 0 fully saturated rings. The summed E-state index contributed by atoms with van der Waals surface area (Å²) >= 11 is 0. The maximum atomic E-state index is 9.38. The Hall–Kier alpha value is -0.340. The van der Waals surface area contributed by atoms with Crippen molar-refractivity contribution in [3.8, 4) is 0 Å². The zero-order chi connectivity index (χ0) is 9.14. The molecule has 0 aromatic heterocycles. The van der Waals surface area contributed by atoms with Crippen molar-refractivity contribution in [1.82, 2.24) is 0 Å². The van der Waals surface area contributed by atoms with Gasteiger partial charge in [0, 0.05) is 5.92 Å². The monoisotopic (exact) mass is 170 g/mol. The predicted molar refractivity (Wildman–Crippen MR) is 48.7 cm³/mol. The second kappa shape index (κ2) is 4.06. The highest BCUT2D eigenvalue weighted by Crippen LogP contribution is 2.24. The van der Waals surface area contributed by atoms with Crippen LogP contribution in [0, 0.1) is 11.8 Å². The second-order valence-corrected chi connectivity index (χ2v) is 3.69. The van der Waals surface area contributed by atoms with E-state index in [0.717, 1.165) is 12.0 Å². The van der Waals surface area contributed by atoms with Crippen LogP contribution in [-0.4, -0.2) is 18.0 Å². The van der Waals surface area contributed by atoms with Crippen LogP contribution in [-0.2, 0) is 4.74 Å². The molecule has 0 radical (unpaired) electrons. The van der Waals surface area contributed by atoms with E-state index in [4.69, 9.17) is 4.74 Å². The van der Waals surface area contributed by atoms with Crippen LogP contribution in [0.4, 0.5) is 0 Å². The Balaban J connectivity index is 2.66. The van der Waals surface area contributed by atoms with E-state index in [-0.39, 0.29) is 0 Å². The highest BCUT2D eigenvalue weighted by atomic mass is 16.6. The highest BCUT2D eigenvalue weighted by molar-refractivity contribution is 5.09. The molecule has 0 amide bonds. The fourth-order valence-electron chi connectivity index (χ4n) is 1.39. The van der Waals surface area contributed by atoms with Gasteiger partial charge in [0.2, 0.25) is 0 Å². The predicted octanol–water partition coefficient (Wildman–Crippen LogP) is 1.94. The van der Waals surface area contributed by atoms with E-state index in [0.29, 0.717) is 18.4 Å². The van der Waals surface area contributed by atoms with E-state index in [1.54, 1.807) is 0 Å². The molecular formula is C10H18O2. The first-order chi connectivity index (χ1) is 5.65. The first-order valence-electron chi connectivity index (χ1n) is 4.65.